The Morgan fingerprint density at radius 1 is 1.06 bits per heavy atom. The van der Waals surface area contributed by atoms with Crippen LogP contribution in [0.1, 0.15) is 44.9 Å². The van der Waals surface area contributed by atoms with Crippen molar-refractivity contribution in [3.05, 3.63) is 0 Å². The molecule has 90 valence electrons. The van der Waals surface area contributed by atoms with Crippen molar-refractivity contribution >= 4 is 5.91 Å². The van der Waals surface area contributed by atoms with E-state index in [9.17, 15) is 4.79 Å². The Hall–Kier alpha value is -0.530. The van der Waals surface area contributed by atoms with Crippen LogP contribution in [-0.2, 0) is 4.79 Å². The standard InChI is InChI=1S/C14H23NO/c1-15(2)13(16)14-4-3-10-5-11(8-14)7-12(6-10)9-14/h10-12H,3-9H2,1-2H3. The summed E-state index contributed by atoms with van der Waals surface area (Å²) in [6, 6.07) is 0. The van der Waals surface area contributed by atoms with Crippen molar-refractivity contribution < 1.29 is 4.79 Å². The summed E-state index contributed by atoms with van der Waals surface area (Å²) >= 11 is 0. The van der Waals surface area contributed by atoms with Gasteiger partial charge in [-0.15, -0.1) is 0 Å². The number of amides is 1. The van der Waals surface area contributed by atoms with Crippen molar-refractivity contribution in [2.75, 3.05) is 14.1 Å². The highest BCUT2D eigenvalue weighted by Gasteiger charge is 2.51. The fourth-order valence-corrected chi connectivity index (χ4v) is 4.90. The van der Waals surface area contributed by atoms with Crippen LogP contribution in [0.15, 0.2) is 0 Å². The van der Waals surface area contributed by atoms with E-state index in [1.54, 1.807) is 0 Å². The fraction of sp³-hybridized carbons (Fsp3) is 0.929. The van der Waals surface area contributed by atoms with Gasteiger partial charge in [0.1, 0.15) is 0 Å². The van der Waals surface area contributed by atoms with Gasteiger partial charge in [0.15, 0.2) is 0 Å². The first-order chi connectivity index (χ1) is 7.59. The van der Waals surface area contributed by atoms with Crippen molar-refractivity contribution in [1.29, 1.82) is 0 Å². The molecule has 2 unspecified atom stereocenters. The van der Waals surface area contributed by atoms with Crippen molar-refractivity contribution in [3.63, 3.8) is 0 Å². The third-order valence-corrected chi connectivity index (χ3v) is 5.25. The molecule has 16 heavy (non-hydrogen) atoms. The number of hydrogen-bond acceptors (Lipinski definition) is 1. The molecule has 0 aromatic heterocycles. The van der Waals surface area contributed by atoms with Crippen molar-refractivity contribution in [1.82, 2.24) is 4.90 Å². The molecule has 4 fully saturated rings. The minimum absolute atomic E-state index is 0.0440. The quantitative estimate of drug-likeness (QED) is 0.666. The van der Waals surface area contributed by atoms with Gasteiger partial charge in [-0.25, -0.2) is 0 Å². The third-order valence-electron chi connectivity index (χ3n) is 5.25. The van der Waals surface area contributed by atoms with Gasteiger partial charge < -0.3 is 4.90 Å². The summed E-state index contributed by atoms with van der Waals surface area (Å²) in [5.41, 5.74) is 0.0440. The molecule has 4 saturated carbocycles. The lowest BCUT2D eigenvalue weighted by Crippen LogP contribution is -2.45. The Kier molecular flexibility index (Phi) is 2.31. The molecule has 0 aliphatic heterocycles. The van der Waals surface area contributed by atoms with Crippen LogP contribution in [0.3, 0.4) is 0 Å². The van der Waals surface area contributed by atoms with Gasteiger partial charge in [-0.05, 0) is 62.7 Å². The number of nitrogens with zero attached hydrogens (tertiary/aromatic N) is 1. The zero-order valence-corrected chi connectivity index (χ0v) is 10.5. The summed E-state index contributed by atoms with van der Waals surface area (Å²) in [5.74, 6) is 3.10. The summed E-state index contributed by atoms with van der Waals surface area (Å²) in [6.45, 7) is 0. The highest BCUT2D eigenvalue weighted by molar-refractivity contribution is 5.82. The van der Waals surface area contributed by atoms with Crippen molar-refractivity contribution in [2.24, 2.45) is 23.2 Å². The normalized spacial score (nSPS) is 45.5. The van der Waals surface area contributed by atoms with Gasteiger partial charge in [0, 0.05) is 19.5 Å². The van der Waals surface area contributed by atoms with Crippen LogP contribution in [0.25, 0.3) is 0 Å². The second kappa shape index (κ2) is 3.48. The van der Waals surface area contributed by atoms with Gasteiger partial charge in [0.05, 0.1) is 0 Å². The molecule has 0 aromatic carbocycles. The molecule has 2 atom stereocenters. The van der Waals surface area contributed by atoms with Gasteiger partial charge >= 0.3 is 0 Å². The van der Waals surface area contributed by atoms with Gasteiger partial charge in [-0.1, -0.05) is 0 Å². The fourth-order valence-electron chi connectivity index (χ4n) is 4.90. The maximum Gasteiger partial charge on any atom is 0.228 e. The lowest BCUT2D eigenvalue weighted by Gasteiger charge is -2.45. The minimum Gasteiger partial charge on any atom is -0.348 e. The summed E-state index contributed by atoms with van der Waals surface area (Å²) in [7, 11) is 3.85. The van der Waals surface area contributed by atoms with Crippen LogP contribution in [0.2, 0.25) is 0 Å². The van der Waals surface area contributed by atoms with Crippen LogP contribution in [0, 0.1) is 23.2 Å². The Labute approximate surface area is 98.4 Å². The Balaban J connectivity index is 1.92. The number of fused-ring (bicyclic) bond motifs is 1. The lowest BCUT2D eigenvalue weighted by atomic mass is 9.61. The Morgan fingerprint density at radius 3 is 2.19 bits per heavy atom. The molecule has 0 spiro atoms. The molecule has 0 N–H and O–H groups in total. The summed E-state index contributed by atoms with van der Waals surface area (Å²) in [6.07, 6.45) is 9.11. The molecule has 0 heterocycles. The van der Waals surface area contributed by atoms with E-state index in [0.29, 0.717) is 5.91 Å². The zero-order valence-electron chi connectivity index (χ0n) is 10.5. The zero-order chi connectivity index (χ0) is 11.3. The van der Waals surface area contributed by atoms with Crippen LogP contribution in [0.5, 0.6) is 0 Å². The SMILES string of the molecule is CN(C)C(=O)C12CCC3CC(CC(C3)C1)C2. The molecular formula is C14H23NO. The van der Waals surface area contributed by atoms with E-state index in [1.165, 1.54) is 44.9 Å². The molecule has 4 aliphatic rings. The Bertz CT molecular complexity index is 296. The Morgan fingerprint density at radius 2 is 1.62 bits per heavy atom. The van der Waals surface area contributed by atoms with E-state index in [0.717, 1.165) is 17.8 Å². The monoisotopic (exact) mass is 221 g/mol. The van der Waals surface area contributed by atoms with Gasteiger partial charge in [-0.2, -0.15) is 0 Å². The third kappa shape index (κ3) is 1.49. The molecule has 2 heteroatoms. The topological polar surface area (TPSA) is 20.3 Å². The average Bonchev–Trinajstić information content (AvgIpc) is 2.43. The highest BCUT2D eigenvalue weighted by atomic mass is 16.2. The van der Waals surface area contributed by atoms with Gasteiger partial charge in [0.2, 0.25) is 5.91 Å². The first kappa shape index (κ1) is 10.6. The lowest BCUT2D eigenvalue weighted by molar-refractivity contribution is -0.144. The molecular weight excluding hydrogens is 198 g/mol. The smallest absolute Gasteiger partial charge is 0.228 e. The second-order valence-corrected chi connectivity index (χ2v) is 6.73. The van der Waals surface area contributed by atoms with Gasteiger partial charge in [-0.3, -0.25) is 4.79 Å². The van der Waals surface area contributed by atoms with Crippen LogP contribution >= 0.6 is 0 Å². The van der Waals surface area contributed by atoms with Gasteiger partial charge in [0.25, 0.3) is 0 Å². The van der Waals surface area contributed by atoms with E-state index in [2.05, 4.69) is 0 Å². The molecule has 0 saturated heterocycles. The van der Waals surface area contributed by atoms with Crippen molar-refractivity contribution in [2.45, 2.75) is 44.9 Å². The number of carbonyl (C=O) groups excluding carboxylic acids is 1. The van der Waals surface area contributed by atoms with E-state index < -0.39 is 0 Å². The second-order valence-electron chi connectivity index (χ2n) is 6.73. The molecule has 0 aromatic rings. The van der Waals surface area contributed by atoms with Crippen LogP contribution < -0.4 is 0 Å². The van der Waals surface area contributed by atoms with Crippen LogP contribution in [0.4, 0.5) is 0 Å². The molecule has 4 rings (SSSR count). The molecule has 2 nitrogen and oxygen atoms in total. The molecule has 1 amide bonds. The maximum absolute atomic E-state index is 12.5. The highest BCUT2D eigenvalue weighted by Crippen LogP contribution is 2.57. The summed E-state index contributed by atoms with van der Waals surface area (Å²) in [4.78, 5) is 14.3. The van der Waals surface area contributed by atoms with E-state index >= 15 is 0 Å². The molecule has 4 bridgehead atoms. The predicted octanol–water partition coefficient (Wildman–Crippen LogP) is 2.68. The van der Waals surface area contributed by atoms with E-state index in [4.69, 9.17) is 0 Å². The average molecular weight is 221 g/mol. The van der Waals surface area contributed by atoms with Crippen molar-refractivity contribution in [3.8, 4) is 0 Å². The van der Waals surface area contributed by atoms with E-state index in [-0.39, 0.29) is 5.41 Å². The molecule has 0 radical (unpaired) electrons. The first-order valence-corrected chi connectivity index (χ1v) is 6.81. The predicted molar refractivity (Wildman–Crippen MR) is 63.9 cm³/mol. The molecule has 4 aliphatic carbocycles. The summed E-state index contributed by atoms with van der Waals surface area (Å²) in [5, 5.41) is 0. The largest absolute Gasteiger partial charge is 0.348 e. The maximum atomic E-state index is 12.5. The van der Waals surface area contributed by atoms with Crippen LogP contribution in [-0.4, -0.2) is 24.9 Å². The van der Waals surface area contributed by atoms with E-state index in [1.807, 2.05) is 19.0 Å². The number of hydrogen-bond donors (Lipinski definition) is 0. The number of rotatable bonds is 1. The summed E-state index contributed by atoms with van der Waals surface area (Å²) < 4.78 is 0. The number of carbonyl (C=O) groups is 1. The first-order valence-electron chi connectivity index (χ1n) is 6.81. The minimum atomic E-state index is 0.0440.